The van der Waals surface area contributed by atoms with Crippen molar-refractivity contribution in [2.45, 2.75) is 45.6 Å². The van der Waals surface area contributed by atoms with Crippen LogP contribution < -0.4 is 11.1 Å². The van der Waals surface area contributed by atoms with Crippen LogP contribution in [0.5, 0.6) is 0 Å². The van der Waals surface area contributed by atoms with Crippen LogP contribution in [0.15, 0.2) is 22.5 Å². The van der Waals surface area contributed by atoms with Gasteiger partial charge in [-0.25, -0.2) is 4.79 Å². The van der Waals surface area contributed by atoms with Crippen molar-refractivity contribution in [3.63, 3.8) is 0 Å². The Morgan fingerprint density at radius 2 is 2.18 bits per heavy atom. The van der Waals surface area contributed by atoms with Gasteiger partial charge in [0.1, 0.15) is 0 Å². The van der Waals surface area contributed by atoms with Crippen LogP contribution in [0.2, 0.25) is 0 Å². The number of esters is 1. The molecule has 0 radical (unpaired) electrons. The summed E-state index contributed by atoms with van der Waals surface area (Å²) in [5.41, 5.74) is 9.71. The quantitative estimate of drug-likeness (QED) is 0.714. The summed E-state index contributed by atoms with van der Waals surface area (Å²) in [4.78, 5) is 11.9. The molecule has 3 N–H and O–H groups in total. The van der Waals surface area contributed by atoms with E-state index in [9.17, 15) is 4.79 Å². The number of hydrogen-bond acceptors (Lipinski definition) is 4. The zero-order valence-electron chi connectivity index (χ0n) is 10.5. The van der Waals surface area contributed by atoms with Gasteiger partial charge in [-0.2, -0.15) is 0 Å². The molecule has 4 nitrogen and oxygen atoms in total. The highest BCUT2D eigenvalue weighted by Gasteiger charge is 2.30. The van der Waals surface area contributed by atoms with Crippen molar-refractivity contribution in [3.05, 3.63) is 22.5 Å². The molecule has 1 unspecified atom stereocenters. The van der Waals surface area contributed by atoms with Gasteiger partial charge in [0, 0.05) is 11.4 Å². The van der Waals surface area contributed by atoms with Gasteiger partial charge in [0.15, 0.2) is 0 Å². The average molecular weight is 236 g/mol. The van der Waals surface area contributed by atoms with Crippen molar-refractivity contribution in [2.75, 3.05) is 6.61 Å². The number of carbonyl (C=O) groups is 1. The second kappa shape index (κ2) is 4.82. The summed E-state index contributed by atoms with van der Waals surface area (Å²) in [6.07, 6.45) is 4.34. The Kier molecular flexibility index (Phi) is 3.41. The molecule has 0 amide bonds. The third-order valence-electron chi connectivity index (χ3n) is 3.40. The SMILES string of the molecule is CCOC(=O)C1=C(N)C2=C(CCCC2)NC1C. The average Bonchev–Trinajstić information content (AvgIpc) is 2.29. The Hall–Kier alpha value is -1.45. The number of dihydropyridines is 1. The molecule has 0 spiro atoms. The molecule has 1 atom stereocenters. The summed E-state index contributed by atoms with van der Waals surface area (Å²) in [5.74, 6) is -0.290. The van der Waals surface area contributed by atoms with E-state index in [0.717, 1.165) is 24.8 Å². The minimum Gasteiger partial charge on any atom is -0.463 e. The first kappa shape index (κ1) is 12.0. The minimum atomic E-state index is -0.290. The third kappa shape index (κ3) is 2.16. The molecule has 0 bridgehead atoms. The summed E-state index contributed by atoms with van der Waals surface area (Å²) in [7, 11) is 0. The van der Waals surface area contributed by atoms with Crippen LogP contribution in [-0.4, -0.2) is 18.6 Å². The van der Waals surface area contributed by atoms with Crippen molar-refractivity contribution in [1.82, 2.24) is 5.32 Å². The molecular weight excluding hydrogens is 216 g/mol. The van der Waals surface area contributed by atoms with E-state index in [1.54, 1.807) is 6.92 Å². The molecule has 0 aromatic rings. The first-order valence-corrected chi connectivity index (χ1v) is 6.30. The van der Waals surface area contributed by atoms with Gasteiger partial charge in [-0.1, -0.05) is 0 Å². The first-order valence-electron chi connectivity index (χ1n) is 6.30. The molecule has 0 fully saturated rings. The fourth-order valence-corrected chi connectivity index (χ4v) is 2.59. The molecule has 1 heterocycles. The number of ether oxygens (including phenoxy) is 1. The third-order valence-corrected chi connectivity index (χ3v) is 3.40. The van der Waals surface area contributed by atoms with Gasteiger partial charge in [-0.15, -0.1) is 0 Å². The second-order valence-corrected chi connectivity index (χ2v) is 4.58. The van der Waals surface area contributed by atoms with Crippen LogP contribution in [0.1, 0.15) is 39.5 Å². The molecule has 2 rings (SSSR count). The zero-order chi connectivity index (χ0) is 12.4. The zero-order valence-corrected chi connectivity index (χ0v) is 10.5. The lowest BCUT2D eigenvalue weighted by Crippen LogP contribution is -2.39. The predicted octanol–water partition coefficient (Wildman–Crippen LogP) is 1.58. The molecule has 0 aromatic heterocycles. The first-order chi connectivity index (χ1) is 8.15. The van der Waals surface area contributed by atoms with Crippen molar-refractivity contribution < 1.29 is 9.53 Å². The second-order valence-electron chi connectivity index (χ2n) is 4.58. The summed E-state index contributed by atoms with van der Waals surface area (Å²) >= 11 is 0. The minimum absolute atomic E-state index is 0.0501. The van der Waals surface area contributed by atoms with Crippen LogP contribution >= 0.6 is 0 Å². The van der Waals surface area contributed by atoms with Crippen molar-refractivity contribution in [1.29, 1.82) is 0 Å². The maximum Gasteiger partial charge on any atom is 0.338 e. The lowest BCUT2D eigenvalue weighted by atomic mass is 9.87. The summed E-state index contributed by atoms with van der Waals surface area (Å²) < 4.78 is 5.06. The van der Waals surface area contributed by atoms with E-state index in [1.807, 2.05) is 6.92 Å². The number of carbonyl (C=O) groups excluding carboxylic acids is 1. The van der Waals surface area contributed by atoms with Gasteiger partial charge < -0.3 is 15.8 Å². The van der Waals surface area contributed by atoms with Crippen molar-refractivity contribution >= 4 is 5.97 Å². The Bertz CT molecular complexity index is 396. The van der Waals surface area contributed by atoms with Gasteiger partial charge in [-0.05, 0) is 45.1 Å². The molecule has 94 valence electrons. The van der Waals surface area contributed by atoms with Crippen LogP contribution in [-0.2, 0) is 9.53 Å². The van der Waals surface area contributed by atoms with Crippen LogP contribution in [0.3, 0.4) is 0 Å². The van der Waals surface area contributed by atoms with Crippen molar-refractivity contribution in [3.8, 4) is 0 Å². The summed E-state index contributed by atoms with van der Waals surface area (Å²) in [6.45, 7) is 4.15. The Labute approximate surface area is 102 Å². The van der Waals surface area contributed by atoms with Crippen LogP contribution in [0, 0.1) is 0 Å². The number of allylic oxidation sites excluding steroid dienone is 2. The van der Waals surface area contributed by atoms with E-state index >= 15 is 0 Å². The fourth-order valence-electron chi connectivity index (χ4n) is 2.59. The molecule has 2 aliphatic rings. The molecular formula is C13H20N2O2. The number of hydrogen-bond donors (Lipinski definition) is 2. The molecule has 0 saturated heterocycles. The molecule has 1 aliphatic heterocycles. The van der Waals surface area contributed by atoms with E-state index in [0.29, 0.717) is 17.9 Å². The monoisotopic (exact) mass is 236 g/mol. The van der Waals surface area contributed by atoms with E-state index < -0.39 is 0 Å². The molecule has 0 saturated carbocycles. The largest absolute Gasteiger partial charge is 0.463 e. The Morgan fingerprint density at radius 3 is 2.88 bits per heavy atom. The van der Waals surface area contributed by atoms with Crippen LogP contribution in [0.4, 0.5) is 0 Å². The normalized spacial score (nSPS) is 24.2. The van der Waals surface area contributed by atoms with Gasteiger partial charge in [0.2, 0.25) is 0 Å². The van der Waals surface area contributed by atoms with E-state index in [1.165, 1.54) is 12.1 Å². The smallest absolute Gasteiger partial charge is 0.338 e. The Morgan fingerprint density at radius 1 is 1.47 bits per heavy atom. The summed E-state index contributed by atoms with van der Waals surface area (Å²) in [5, 5.41) is 3.38. The maximum absolute atomic E-state index is 11.9. The summed E-state index contributed by atoms with van der Waals surface area (Å²) in [6, 6.07) is -0.0501. The Balaban J connectivity index is 2.35. The van der Waals surface area contributed by atoms with Crippen molar-refractivity contribution in [2.24, 2.45) is 5.73 Å². The van der Waals surface area contributed by atoms with Gasteiger partial charge in [0.05, 0.1) is 18.2 Å². The topological polar surface area (TPSA) is 64.3 Å². The maximum atomic E-state index is 11.9. The molecule has 17 heavy (non-hydrogen) atoms. The lowest BCUT2D eigenvalue weighted by molar-refractivity contribution is -0.138. The highest BCUT2D eigenvalue weighted by molar-refractivity contribution is 5.92. The number of nitrogens with one attached hydrogen (secondary N) is 1. The molecule has 0 aromatic carbocycles. The van der Waals surface area contributed by atoms with Gasteiger partial charge >= 0.3 is 5.97 Å². The van der Waals surface area contributed by atoms with Gasteiger partial charge in [-0.3, -0.25) is 0 Å². The fraction of sp³-hybridized carbons (Fsp3) is 0.615. The molecule has 1 aliphatic carbocycles. The van der Waals surface area contributed by atoms with E-state index in [2.05, 4.69) is 5.32 Å². The van der Waals surface area contributed by atoms with E-state index in [-0.39, 0.29) is 12.0 Å². The van der Waals surface area contributed by atoms with Crippen LogP contribution in [0.25, 0.3) is 0 Å². The highest BCUT2D eigenvalue weighted by atomic mass is 16.5. The standard InChI is InChI=1S/C13H20N2O2/c1-3-17-13(16)11-8(2)15-10-7-5-4-6-9(10)12(11)14/h8,15H,3-7,14H2,1-2H3. The predicted molar refractivity (Wildman–Crippen MR) is 65.9 cm³/mol. The number of nitrogens with two attached hydrogens (primary N) is 1. The van der Waals surface area contributed by atoms with Gasteiger partial charge in [0.25, 0.3) is 0 Å². The van der Waals surface area contributed by atoms with E-state index in [4.69, 9.17) is 10.5 Å². The highest BCUT2D eigenvalue weighted by Crippen LogP contribution is 2.32. The molecule has 4 heteroatoms. The lowest BCUT2D eigenvalue weighted by Gasteiger charge is -2.32. The number of rotatable bonds is 2.